The molecule has 7 nitrogen and oxygen atoms in total. The van der Waals surface area contributed by atoms with Crippen LogP contribution in [0.1, 0.15) is 12.8 Å². The first-order valence-corrected chi connectivity index (χ1v) is 12.8. The van der Waals surface area contributed by atoms with Crippen molar-refractivity contribution in [1.82, 2.24) is 24.4 Å². The number of rotatable bonds is 7. The summed E-state index contributed by atoms with van der Waals surface area (Å²) in [5.74, 6) is 1.33. The van der Waals surface area contributed by atoms with Crippen LogP contribution in [-0.2, 0) is 6.54 Å². The number of anilines is 3. The highest BCUT2D eigenvalue weighted by atomic mass is 32.2. The van der Waals surface area contributed by atoms with Gasteiger partial charge in [0.05, 0.1) is 6.20 Å². The number of nitrogens with one attached hydrogen (secondary N) is 1. The minimum atomic E-state index is 0.605. The van der Waals surface area contributed by atoms with Gasteiger partial charge < -0.3 is 19.7 Å². The van der Waals surface area contributed by atoms with Crippen molar-refractivity contribution in [2.24, 2.45) is 5.92 Å². The van der Waals surface area contributed by atoms with Crippen LogP contribution < -0.4 is 10.2 Å². The van der Waals surface area contributed by atoms with Crippen molar-refractivity contribution >= 4 is 40.2 Å². The summed E-state index contributed by atoms with van der Waals surface area (Å²) in [6.45, 7) is 5.30. The summed E-state index contributed by atoms with van der Waals surface area (Å²) in [6, 6.07) is 19.0. The standard InChI is InChI=1S/C26H29N7S/c1-31-13-15-32(16-14-31)21-11-9-20(10-12-21)28-25-27-17-23-24(30-25)33(18-19-7-8-19)26(29-23)34-22-5-3-2-4-6-22/h2-6,9-12,17,19H,7-8,13-16,18H2,1H3,(H,27,28,30). The molecule has 0 amide bonds. The molecule has 2 aliphatic rings. The second-order valence-electron chi connectivity index (χ2n) is 9.23. The fourth-order valence-corrected chi connectivity index (χ4v) is 5.22. The van der Waals surface area contributed by atoms with Gasteiger partial charge in [-0.2, -0.15) is 4.98 Å². The van der Waals surface area contributed by atoms with Crippen molar-refractivity contribution in [3.05, 3.63) is 60.8 Å². The third-order valence-electron chi connectivity index (χ3n) is 6.53. The van der Waals surface area contributed by atoms with Crippen molar-refractivity contribution in [2.75, 3.05) is 43.4 Å². The van der Waals surface area contributed by atoms with Gasteiger partial charge in [-0.3, -0.25) is 0 Å². The highest BCUT2D eigenvalue weighted by Gasteiger charge is 2.25. The third kappa shape index (κ3) is 4.74. The topological polar surface area (TPSA) is 62.1 Å². The summed E-state index contributed by atoms with van der Waals surface area (Å²) in [5.41, 5.74) is 4.00. The second kappa shape index (κ2) is 9.27. The van der Waals surface area contributed by atoms with Gasteiger partial charge >= 0.3 is 0 Å². The first-order valence-electron chi connectivity index (χ1n) is 12.0. The van der Waals surface area contributed by atoms with E-state index in [1.54, 1.807) is 11.8 Å². The molecule has 174 valence electrons. The van der Waals surface area contributed by atoms with Gasteiger partial charge in [0, 0.05) is 49.0 Å². The van der Waals surface area contributed by atoms with Crippen molar-refractivity contribution < 1.29 is 0 Å². The Labute approximate surface area is 204 Å². The maximum Gasteiger partial charge on any atom is 0.229 e. The van der Waals surface area contributed by atoms with Crippen LogP contribution in [0.3, 0.4) is 0 Å². The van der Waals surface area contributed by atoms with Gasteiger partial charge in [0.1, 0.15) is 5.52 Å². The van der Waals surface area contributed by atoms with E-state index < -0.39 is 0 Å². The van der Waals surface area contributed by atoms with E-state index >= 15 is 0 Å². The van der Waals surface area contributed by atoms with E-state index in [0.717, 1.165) is 60.6 Å². The van der Waals surface area contributed by atoms with Gasteiger partial charge in [-0.15, -0.1) is 0 Å². The molecule has 1 aliphatic carbocycles. The molecule has 2 aromatic heterocycles. The Bertz CT molecular complexity index is 1260. The summed E-state index contributed by atoms with van der Waals surface area (Å²) in [7, 11) is 2.18. The summed E-state index contributed by atoms with van der Waals surface area (Å²) in [5, 5.41) is 4.37. The van der Waals surface area contributed by atoms with Crippen LogP contribution in [0.25, 0.3) is 11.2 Å². The lowest BCUT2D eigenvalue weighted by Crippen LogP contribution is -2.44. The fourth-order valence-electron chi connectivity index (χ4n) is 4.30. The highest BCUT2D eigenvalue weighted by Crippen LogP contribution is 2.36. The number of benzene rings is 2. The van der Waals surface area contributed by atoms with Gasteiger partial charge in [-0.25, -0.2) is 9.97 Å². The molecule has 2 fully saturated rings. The molecule has 0 bridgehead atoms. The molecule has 0 unspecified atom stereocenters. The zero-order chi connectivity index (χ0) is 22.9. The molecule has 0 spiro atoms. The molecule has 8 heteroatoms. The number of nitrogens with zero attached hydrogens (tertiary/aromatic N) is 6. The molecular formula is C26H29N7S. The van der Waals surface area contributed by atoms with Crippen molar-refractivity contribution in [3.63, 3.8) is 0 Å². The Hall–Kier alpha value is -3.10. The largest absolute Gasteiger partial charge is 0.369 e. The quantitative estimate of drug-likeness (QED) is 0.412. The molecule has 1 N–H and O–H groups in total. The average molecular weight is 472 g/mol. The second-order valence-corrected chi connectivity index (χ2v) is 10.3. The molecule has 6 rings (SSSR count). The Morgan fingerprint density at radius 2 is 1.71 bits per heavy atom. The number of fused-ring (bicyclic) bond motifs is 1. The van der Waals surface area contributed by atoms with E-state index in [2.05, 4.69) is 80.2 Å². The van der Waals surface area contributed by atoms with E-state index in [0.29, 0.717) is 5.95 Å². The highest BCUT2D eigenvalue weighted by molar-refractivity contribution is 7.99. The Morgan fingerprint density at radius 1 is 0.941 bits per heavy atom. The number of likely N-dealkylation sites (N-methyl/N-ethyl adjacent to an activating group) is 1. The van der Waals surface area contributed by atoms with Crippen LogP contribution in [0.2, 0.25) is 0 Å². The molecule has 34 heavy (non-hydrogen) atoms. The molecule has 4 aromatic rings. The Kier molecular flexibility index (Phi) is 5.84. The maximum absolute atomic E-state index is 4.88. The van der Waals surface area contributed by atoms with Crippen molar-refractivity contribution in [3.8, 4) is 0 Å². The zero-order valence-electron chi connectivity index (χ0n) is 19.4. The van der Waals surface area contributed by atoms with Gasteiger partial charge in [0.2, 0.25) is 5.95 Å². The normalized spacial score (nSPS) is 16.8. The molecule has 1 saturated carbocycles. The summed E-state index contributed by atoms with van der Waals surface area (Å²) < 4.78 is 2.27. The Balaban J connectivity index is 1.23. The van der Waals surface area contributed by atoms with Gasteiger partial charge in [0.15, 0.2) is 10.8 Å². The Morgan fingerprint density at radius 3 is 2.44 bits per heavy atom. The van der Waals surface area contributed by atoms with E-state index in [1.807, 2.05) is 12.3 Å². The van der Waals surface area contributed by atoms with Crippen LogP contribution in [0.4, 0.5) is 17.3 Å². The van der Waals surface area contributed by atoms with Crippen molar-refractivity contribution in [2.45, 2.75) is 29.4 Å². The number of imidazole rings is 1. The number of piperazine rings is 1. The van der Waals surface area contributed by atoms with Gasteiger partial charge in [-0.1, -0.05) is 30.0 Å². The SMILES string of the molecule is CN1CCN(c2ccc(Nc3ncc4nc(Sc5ccccc5)n(CC5CC5)c4n3)cc2)CC1. The summed E-state index contributed by atoms with van der Waals surface area (Å²) in [4.78, 5) is 20.3. The average Bonchev–Trinajstić information content (AvgIpc) is 3.63. The van der Waals surface area contributed by atoms with Crippen LogP contribution >= 0.6 is 11.8 Å². The smallest absolute Gasteiger partial charge is 0.229 e. The predicted molar refractivity (Wildman–Crippen MR) is 138 cm³/mol. The van der Waals surface area contributed by atoms with Crippen molar-refractivity contribution in [1.29, 1.82) is 0 Å². The monoisotopic (exact) mass is 471 g/mol. The molecule has 1 aliphatic heterocycles. The van der Waals surface area contributed by atoms with Crippen LogP contribution in [0, 0.1) is 5.92 Å². The van der Waals surface area contributed by atoms with Gasteiger partial charge in [0.25, 0.3) is 0 Å². The van der Waals surface area contributed by atoms with Crippen LogP contribution in [-0.4, -0.2) is 57.6 Å². The molecule has 0 atom stereocenters. The molecule has 0 radical (unpaired) electrons. The third-order valence-corrected chi connectivity index (χ3v) is 7.54. The number of aromatic nitrogens is 4. The fraction of sp³-hybridized carbons (Fsp3) is 0.346. The molecule has 3 heterocycles. The van der Waals surface area contributed by atoms with E-state index in [-0.39, 0.29) is 0 Å². The molecule has 1 saturated heterocycles. The maximum atomic E-state index is 4.88. The lowest BCUT2D eigenvalue weighted by atomic mass is 10.2. The first kappa shape index (κ1) is 21.4. The van der Waals surface area contributed by atoms with E-state index in [1.165, 1.54) is 23.4 Å². The van der Waals surface area contributed by atoms with E-state index in [9.17, 15) is 0 Å². The predicted octanol–water partition coefficient (Wildman–Crippen LogP) is 4.88. The minimum absolute atomic E-state index is 0.605. The lowest BCUT2D eigenvalue weighted by molar-refractivity contribution is 0.313. The van der Waals surface area contributed by atoms with Gasteiger partial charge in [-0.05, 0) is 62.2 Å². The lowest BCUT2D eigenvalue weighted by Gasteiger charge is -2.34. The summed E-state index contributed by atoms with van der Waals surface area (Å²) in [6.07, 6.45) is 4.40. The first-order chi connectivity index (χ1) is 16.7. The van der Waals surface area contributed by atoms with E-state index in [4.69, 9.17) is 9.97 Å². The van der Waals surface area contributed by atoms with Crippen LogP contribution in [0.5, 0.6) is 0 Å². The zero-order valence-corrected chi connectivity index (χ0v) is 20.2. The molecular weight excluding hydrogens is 442 g/mol. The molecule has 2 aromatic carbocycles. The summed E-state index contributed by atoms with van der Waals surface area (Å²) >= 11 is 1.69. The number of hydrogen-bond acceptors (Lipinski definition) is 7. The number of hydrogen-bond donors (Lipinski definition) is 1. The minimum Gasteiger partial charge on any atom is -0.369 e. The van der Waals surface area contributed by atoms with Crippen LogP contribution in [0.15, 0.2) is 70.8 Å².